The number of hydrogen-bond donors (Lipinski definition) is 0. The number of rotatable bonds is 5. The largest absolute Gasteiger partial charge is 0.435 e. The van der Waals surface area contributed by atoms with Crippen LogP contribution in [0.25, 0.3) is 23.1 Å². The summed E-state index contributed by atoms with van der Waals surface area (Å²) in [6.45, 7) is -2.86. The van der Waals surface area contributed by atoms with Crippen LogP contribution in [0.5, 0.6) is 5.75 Å². The molecule has 5 nitrogen and oxygen atoms in total. The van der Waals surface area contributed by atoms with Crippen molar-refractivity contribution in [2.24, 2.45) is 0 Å². The van der Waals surface area contributed by atoms with E-state index in [1.807, 2.05) is 0 Å². The Morgan fingerprint density at radius 2 is 1.80 bits per heavy atom. The summed E-state index contributed by atoms with van der Waals surface area (Å²) in [5.74, 6) is 0.0756. The second-order valence-electron chi connectivity index (χ2n) is 5.12. The van der Waals surface area contributed by atoms with E-state index in [9.17, 15) is 18.9 Å². The SMILES string of the molecule is O=[N+]([O-])c1cccc2ccc(C=Cc3ccc(OC(F)F)cc3)nc12. The van der Waals surface area contributed by atoms with E-state index in [1.165, 1.54) is 18.2 Å². The van der Waals surface area contributed by atoms with Crippen molar-refractivity contribution in [3.05, 3.63) is 76.0 Å². The average molecular weight is 342 g/mol. The zero-order valence-electron chi connectivity index (χ0n) is 12.8. The minimum atomic E-state index is -2.86. The van der Waals surface area contributed by atoms with Crippen LogP contribution in [0.15, 0.2) is 54.6 Å². The lowest BCUT2D eigenvalue weighted by Gasteiger charge is -2.04. The molecule has 1 aromatic heterocycles. The molecule has 0 radical (unpaired) electrons. The Balaban J connectivity index is 1.86. The third-order valence-electron chi connectivity index (χ3n) is 3.47. The minimum Gasteiger partial charge on any atom is -0.435 e. The fourth-order valence-corrected chi connectivity index (χ4v) is 2.33. The maximum absolute atomic E-state index is 12.1. The number of pyridine rings is 1. The summed E-state index contributed by atoms with van der Waals surface area (Å²) < 4.78 is 28.5. The maximum Gasteiger partial charge on any atom is 0.387 e. The number of aromatic nitrogens is 1. The van der Waals surface area contributed by atoms with Gasteiger partial charge in [0.15, 0.2) is 0 Å². The molecule has 1 heterocycles. The van der Waals surface area contributed by atoms with Gasteiger partial charge in [-0.1, -0.05) is 36.4 Å². The standard InChI is InChI=1S/C18H12F2N2O3/c19-18(20)25-15-10-5-12(6-11-15)4-8-14-9-7-13-2-1-3-16(22(23)24)17(13)21-14/h1-11,18H. The highest BCUT2D eigenvalue weighted by Gasteiger charge is 2.12. The summed E-state index contributed by atoms with van der Waals surface area (Å²) in [4.78, 5) is 14.9. The van der Waals surface area contributed by atoms with Gasteiger partial charge in [0.2, 0.25) is 0 Å². The number of fused-ring (bicyclic) bond motifs is 1. The van der Waals surface area contributed by atoms with Gasteiger partial charge >= 0.3 is 6.61 Å². The molecule has 3 aromatic rings. The fourth-order valence-electron chi connectivity index (χ4n) is 2.33. The number of hydrogen-bond acceptors (Lipinski definition) is 4. The van der Waals surface area contributed by atoms with E-state index in [0.29, 0.717) is 16.6 Å². The monoisotopic (exact) mass is 342 g/mol. The first-order valence-corrected chi connectivity index (χ1v) is 7.30. The Kier molecular flexibility index (Phi) is 4.65. The van der Waals surface area contributed by atoms with Crippen molar-refractivity contribution in [1.82, 2.24) is 4.98 Å². The second kappa shape index (κ2) is 7.04. The Bertz CT molecular complexity index is 941. The third kappa shape index (κ3) is 3.95. The van der Waals surface area contributed by atoms with E-state index in [0.717, 1.165) is 5.56 Å². The topological polar surface area (TPSA) is 65.3 Å². The van der Waals surface area contributed by atoms with Gasteiger partial charge in [-0.05, 0) is 29.8 Å². The molecule has 0 saturated carbocycles. The minimum absolute atomic E-state index is 0.0544. The number of halogens is 2. The second-order valence-corrected chi connectivity index (χ2v) is 5.12. The highest BCUT2D eigenvalue weighted by Crippen LogP contribution is 2.24. The van der Waals surface area contributed by atoms with Gasteiger partial charge in [-0.25, -0.2) is 4.98 Å². The number of nitrogens with zero attached hydrogens (tertiary/aromatic N) is 2. The first-order valence-electron chi connectivity index (χ1n) is 7.30. The predicted octanol–water partition coefficient (Wildman–Crippen LogP) is 4.91. The van der Waals surface area contributed by atoms with Crippen molar-refractivity contribution in [2.75, 3.05) is 0 Å². The Morgan fingerprint density at radius 1 is 1.04 bits per heavy atom. The summed E-state index contributed by atoms with van der Waals surface area (Å²) in [5, 5.41) is 11.8. The number of ether oxygens (including phenoxy) is 1. The normalized spacial score (nSPS) is 11.3. The molecule has 0 unspecified atom stereocenters. The molecule has 126 valence electrons. The average Bonchev–Trinajstić information content (AvgIpc) is 2.60. The number of nitro groups is 1. The summed E-state index contributed by atoms with van der Waals surface area (Å²) >= 11 is 0. The van der Waals surface area contributed by atoms with E-state index in [4.69, 9.17) is 0 Å². The molecule has 0 amide bonds. The molecule has 7 heteroatoms. The Morgan fingerprint density at radius 3 is 2.48 bits per heavy atom. The molecule has 0 saturated heterocycles. The lowest BCUT2D eigenvalue weighted by molar-refractivity contribution is -0.383. The Labute approximate surface area is 141 Å². The molecule has 0 bridgehead atoms. The van der Waals surface area contributed by atoms with E-state index in [1.54, 1.807) is 48.6 Å². The number of benzene rings is 2. The van der Waals surface area contributed by atoms with Crippen molar-refractivity contribution < 1.29 is 18.4 Å². The van der Waals surface area contributed by atoms with Crippen molar-refractivity contribution >= 4 is 28.7 Å². The molecule has 0 N–H and O–H groups in total. The van der Waals surface area contributed by atoms with Gasteiger partial charge < -0.3 is 4.74 Å². The van der Waals surface area contributed by atoms with E-state index in [-0.39, 0.29) is 11.4 Å². The lowest BCUT2D eigenvalue weighted by Crippen LogP contribution is -2.01. The first-order chi connectivity index (χ1) is 12.0. The van der Waals surface area contributed by atoms with Crippen LogP contribution in [0.1, 0.15) is 11.3 Å². The highest BCUT2D eigenvalue weighted by molar-refractivity contribution is 5.88. The van der Waals surface area contributed by atoms with Crippen molar-refractivity contribution in [1.29, 1.82) is 0 Å². The maximum atomic E-state index is 12.1. The van der Waals surface area contributed by atoms with E-state index < -0.39 is 11.5 Å². The van der Waals surface area contributed by atoms with Gasteiger partial charge in [0, 0.05) is 11.5 Å². The summed E-state index contributed by atoms with van der Waals surface area (Å²) in [6.07, 6.45) is 3.42. The van der Waals surface area contributed by atoms with Gasteiger partial charge in [0.05, 0.1) is 10.6 Å². The summed E-state index contributed by atoms with van der Waals surface area (Å²) in [6, 6.07) is 14.4. The molecule has 0 aliphatic carbocycles. The zero-order valence-corrected chi connectivity index (χ0v) is 12.8. The summed E-state index contributed by atoms with van der Waals surface area (Å²) in [5.41, 5.74) is 1.57. The van der Waals surface area contributed by atoms with Crippen molar-refractivity contribution in [2.45, 2.75) is 6.61 Å². The molecule has 25 heavy (non-hydrogen) atoms. The third-order valence-corrected chi connectivity index (χ3v) is 3.47. The Hall–Kier alpha value is -3.35. The van der Waals surface area contributed by atoms with Crippen LogP contribution in [-0.2, 0) is 0 Å². The molecule has 0 fully saturated rings. The van der Waals surface area contributed by atoms with Crippen LogP contribution < -0.4 is 4.74 Å². The number of alkyl halides is 2. The summed E-state index contributed by atoms with van der Waals surface area (Å²) in [7, 11) is 0. The van der Waals surface area contributed by atoms with Crippen LogP contribution in [-0.4, -0.2) is 16.5 Å². The lowest BCUT2D eigenvalue weighted by atomic mass is 10.1. The van der Waals surface area contributed by atoms with Crippen LogP contribution >= 0.6 is 0 Å². The molecule has 0 aliphatic heterocycles. The van der Waals surface area contributed by atoms with Gasteiger partial charge in [0.1, 0.15) is 11.3 Å². The van der Waals surface area contributed by atoms with Gasteiger partial charge in [-0.3, -0.25) is 10.1 Å². The van der Waals surface area contributed by atoms with Crippen molar-refractivity contribution in [3.8, 4) is 5.75 Å². The van der Waals surface area contributed by atoms with E-state index in [2.05, 4.69) is 9.72 Å². The van der Waals surface area contributed by atoms with Gasteiger partial charge in [-0.15, -0.1) is 0 Å². The number of non-ortho nitro benzene ring substituents is 1. The van der Waals surface area contributed by atoms with E-state index >= 15 is 0 Å². The molecule has 0 aliphatic rings. The number of nitro benzene ring substituents is 1. The van der Waals surface area contributed by atoms with Crippen molar-refractivity contribution in [3.63, 3.8) is 0 Å². The first kappa shape index (κ1) is 16.5. The molecule has 0 atom stereocenters. The molecule has 3 rings (SSSR count). The van der Waals surface area contributed by atoms with Crippen LogP contribution in [0, 0.1) is 10.1 Å². The van der Waals surface area contributed by atoms with Gasteiger partial charge in [-0.2, -0.15) is 8.78 Å². The number of para-hydroxylation sites is 1. The smallest absolute Gasteiger partial charge is 0.387 e. The zero-order chi connectivity index (χ0) is 17.8. The quantitative estimate of drug-likeness (QED) is 0.488. The van der Waals surface area contributed by atoms with Gasteiger partial charge in [0.25, 0.3) is 5.69 Å². The molecular weight excluding hydrogens is 330 g/mol. The van der Waals surface area contributed by atoms with Crippen LogP contribution in [0.2, 0.25) is 0 Å². The molecule has 0 spiro atoms. The molecule has 2 aromatic carbocycles. The molecular formula is C18H12F2N2O3. The van der Waals surface area contributed by atoms with Crippen LogP contribution in [0.4, 0.5) is 14.5 Å². The van der Waals surface area contributed by atoms with Crippen LogP contribution in [0.3, 0.4) is 0 Å². The fraction of sp³-hybridized carbons (Fsp3) is 0.0556. The predicted molar refractivity (Wildman–Crippen MR) is 90.4 cm³/mol. The highest BCUT2D eigenvalue weighted by atomic mass is 19.3.